The van der Waals surface area contributed by atoms with Crippen molar-refractivity contribution >= 4 is 11.6 Å². The van der Waals surface area contributed by atoms with Crippen LogP contribution in [0, 0.1) is 12.7 Å². The van der Waals surface area contributed by atoms with Gasteiger partial charge in [-0.2, -0.15) is 13.2 Å². The number of anilines is 1. The zero-order valence-corrected chi connectivity index (χ0v) is 10.8. The molecule has 0 saturated heterocycles. The molecule has 0 atom stereocenters. The summed E-state index contributed by atoms with van der Waals surface area (Å²) < 4.78 is 51.6. The summed E-state index contributed by atoms with van der Waals surface area (Å²) in [5, 5.41) is 2.36. The predicted molar refractivity (Wildman–Crippen MR) is 68.3 cm³/mol. The fourth-order valence-corrected chi connectivity index (χ4v) is 1.73. The monoisotopic (exact) mass is 298 g/mol. The summed E-state index contributed by atoms with van der Waals surface area (Å²) in [6.07, 6.45) is -1.98. The second-order valence-electron chi connectivity index (χ2n) is 4.31. The van der Waals surface area contributed by atoms with Crippen LogP contribution in [0.25, 0.3) is 0 Å². The third-order valence-electron chi connectivity index (χ3n) is 2.82. The minimum absolute atomic E-state index is 0.354. The van der Waals surface area contributed by atoms with Gasteiger partial charge in [0.2, 0.25) is 0 Å². The lowest BCUT2D eigenvalue weighted by atomic mass is 10.1. The molecule has 1 N–H and O–H groups in total. The number of aromatic nitrogens is 1. The number of nitrogens with one attached hydrogen (secondary N) is 1. The maximum Gasteiger partial charge on any atom is 0.419 e. The van der Waals surface area contributed by atoms with Crippen LogP contribution in [0.2, 0.25) is 0 Å². The summed E-state index contributed by atoms with van der Waals surface area (Å²) in [6, 6.07) is 4.04. The molecular formula is C14H10F4N2O. The van der Waals surface area contributed by atoms with Crippen LogP contribution in [0.4, 0.5) is 23.2 Å². The highest BCUT2D eigenvalue weighted by atomic mass is 19.4. The standard InChI is InChI=1S/C14H10F4N2O/c1-8-7-19-6-5-11(8)20-13(21)9-3-2-4-10(12(9)15)14(16,17)18/h2-7H,1H3,(H,19,20,21). The molecule has 0 spiro atoms. The number of pyridine rings is 1. The molecule has 0 aliphatic rings. The number of carbonyl (C=O) groups is 1. The first-order valence-corrected chi connectivity index (χ1v) is 5.88. The molecule has 1 aromatic carbocycles. The molecule has 110 valence electrons. The number of amides is 1. The zero-order chi connectivity index (χ0) is 15.6. The van der Waals surface area contributed by atoms with E-state index in [1.54, 1.807) is 6.92 Å². The molecular weight excluding hydrogens is 288 g/mol. The minimum atomic E-state index is -4.85. The summed E-state index contributed by atoms with van der Waals surface area (Å²) in [6.45, 7) is 1.66. The highest BCUT2D eigenvalue weighted by Gasteiger charge is 2.35. The Balaban J connectivity index is 2.35. The maximum atomic E-state index is 13.8. The van der Waals surface area contributed by atoms with Gasteiger partial charge >= 0.3 is 6.18 Å². The van der Waals surface area contributed by atoms with Crippen molar-refractivity contribution in [3.05, 3.63) is 59.2 Å². The average molecular weight is 298 g/mol. The number of hydrogen-bond donors (Lipinski definition) is 1. The van der Waals surface area contributed by atoms with Crippen LogP contribution < -0.4 is 5.32 Å². The number of hydrogen-bond acceptors (Lipinski definition) is 2. The third kappa shape index (κ3) is 3.18. The second kappa shape index (κ2) is 5.51. The van der Waals surface area contributed by atoms with E-state index in [-0.39, 0.29) is 0 Å². The van der Waals surface area contributed by atoms with Crippen LogP contribution in [0.3, 0.4) is 0 Å². The maximum absolute atomic E-state index is 13.8. The van der Waals surface area contributed by atoms with Crippen molar-refractivity contribution in [1.82, 2.24) is 4.98 Å². The van der Waals surface area contributed by atoms with Crippen LogP contribution in [0.5, 0.6) is 0 Å². The summed E-state index contributed by atoms with van der Waals surface area (Å²) in [5.74, 6) is -2.54. The Morgan fingerprint density at radius 3 is 2.57 bits per heavy atom. The van der Waals surface area contributed by atoms with Gasteiger partial charge in [0.05, 0.1) is 11.1 Å². The summed E-state index contributed by atoms with van der Waals surface area (Å²) in [5.41, 5.74) is -1.17. The summed E-state index contributed by atoms with van der Waals surface area (Å²) in [4.78, 5) is 15.7. The molecule has 1 heterocycles. The van der Waals surface area contributed by atoms with Gasteiger partial charge in [-0.05, 0) is 30.7 Å². The Kier molecular flexibility index (Phi) is 3.93. The first kappa shape index (κ1) is 15.0. The second-order valence-corrected chi connectivity index (χ2v) is 4.31. The van der Waals surface area contributed by atoms with Gasteiger partial charge < -0.3 is 5.32 Å². The van der Waals surface area contributed by atoms with Gasteiger partial charge in [-0.1, -0.05) is 6.07 Å². The van der Waals surface area contributed by atoms with Crippen LogP contribution in [-0.2, 0) is 6.18 Å². The predicted octanol–water partition coefficient (Wildman–Crippen LogP) is 3.80. The number of halogens is 4. The van der Waals surface area contributed by atoms with E-state index in [2.05, 4.69) is 10.3 Å². The molecule has 2 rings (SSSR count). The first-order valence-electron chi connectivity index (χ1n) is 5.88. The Hall–Kier alpha value is -2.44. The van der Waals surface area contributed by atoms with Crippen molar-refractivity contribution in [2.75, 3.05) is 5.32 Å². The number of benzene rings is 1. The number of rotatable bonds is 2. The van der Waals surface area contributed by atoms with Gasteiger partial charge in [-0.3, -0.25) is 9.78 Å². The van der Waals surface area contributed by atoms with Crippen molar-refractivity contribution in [3.63, 3.8) is 0 Å². The van der Waals surface area contributed by atoms with E-state index in [9.17, 15) is 22.4 Å². The smallest absolute Gasteiger partial charge is 0.322 e. The molecule has 0 unspecified atom stereocenters. The van der Waals surface area contributed by atoms with Crippen LogP contribution in [-0.4, -0.2) is 10.9 Å². The van der Waals surface area contributed by atoms with E-state index >= 15 is 0 Å². The number of carbonyl (C=O) groups excluding carboxylic acids is 1. The molecule has 7 heteroatoms. The molecule has 0 fully saturated rings. The molecule has 21 heavy (non-hydrogen) atoms. The van der Waals surface area contributed by atoms with Gasteiger partial charge in [0.25, 0.3) is 5.91 Å². The minimum Gasteiger partial charge on any atom is -0.322 e. The quantitative estimate of drug-likeness (QED) is 0.857. The molecule has 0 radical (unpaired) electrons. The van der Waals surface area contributed by atoms with E-state index in [1.807, 2.05) is 0 Å². The molecule has 1 amide bonds. The normalized spacial score (nSPS) is 11.3. The number of nitrogens with zero attached hydrogens (tertiary/aromatic N) is 1. The lowest BCUT2D eigenvalue weighted by Crippen LogP contribution is -2.18. The molecule has 0 aliphatic carbocycles. The fraction of sp³-hybridized carbons (Fsp3) is 0.143. The molecule has 1 aromatic heterocycles. The lowest BCUT2D eigenvalue weighted by molar-refractivity contribution is -0.140. The van der Waals surface area contributed by atoms with E-state index in [4.69, 9.17) is 0 Å². The summed E-state index contributed by atoms with van der Waals surface area (Å²) in [7, 11) is 0. The van der Waals surface area contributed by atoms with E-state index in [0.29, 0.717) is 17.3 Å². The van der Waals surface area contributed by atoms with Gasteiger partial charge in [-0.15, -0.1) is 0 Å². The van der Waals surface area contributed by atoms with E-state index in [0.717, 1.165) is 12.1 Å². The largest absolute Gasteiger partial charge is 0.419 e. The summed E-state index contributed by atoms with van der Waals surface area (Å²) >= 11 is 0. The highest BCUT2D eigenvalue weighted by molar-refractivity contribution is 6.04. The van der Waals surface area contributed by atoms with Gasteiger partial charge in [0.15, 0.2) is 0 Å². The zero-order valence-electron chi connectivity index (χ0n) is 10.8. The van der Waals surface area contributed by atoms with Gasteiger partial charge in [0.1, 0.15) is 5.82 Å². The van der Waals surface area contributed by atoms with Crippen molar-refractivity contribution in [2.45, 2.75) is 13.1 Å². The molecule has 0 saturated carbocycles. The fourth-order valence-electron chi connectivity index (χ4n) is 1.73. The Bertz CT molecular complexity index is 683. The third-order valence-corrected chi connectivity index (χ3v) is 2.82. The molecule has 3 nitrogen and oxygen atoms in total. The van der Waals surface area contributed by atoms with Crippen LogP contribution in [0.15, 0.2) is 36.7 Å². The van der Waals surface area contributed by atoms with Crippen LogP contribution in [0.1, 0.15) is 21.5 Å². The van der Waals surface area contributed by atoms with Crippen molar-refractivity contribution in [2.24, 2.45) is 0 Å². The number of alkyl halides is 3. The average Bonchev–Trinajstić information content (AvgIpc) is 2.40. The lowest BCUT2D eigenvalue weighted by Gasteiger charge is -2.12. The van der Waals surface area contributed by atoms with Crippen LogP contribution >= 0.6 is 0 Å². The highest BCUT2D eigenvalue weighted by Crippen LogP contribution is 2.32. The SMILES string of the molecule is Cc1cnccc1NC(=O)c1cccc(C(F)(F)F)c1F. The Morgan fingerprint density at radius 2 is 1.95 bits per heavy atom. The van der Waals surface area contributed by atoms with Crippen molar-refractivity contribution in [1.29, 1.82) is 0 Å². The molecule has 0 bridgehead atoms. The van der Waals surface area contributed by atoms with E-state index < -0.39 is 29.0 Å². The Labute approximate surface area is 117 Å². The molecule has 2 aromatic rings. The first-order chi connectivity index (χ1) is 9.80. The molecule has 0 aliphatic heterocycles. The van der Waals surface area contributed by atoms with Gasteiger partial charge in [-0.25, -0.2) is 4.39 Å². The Morgan fingerprint density at radius 1 is 1.24 bits per heavy atom. The van der Waals surface area contributed by atoms with E-state index in [1.165, 1.54) is 18.5 Å². The van der Waals surface area contributed by atoms with Crippen molar-refractivity contribution in [3.8, 4) is 0 Å². The number of aryl methyl sites for hydroxylation is 1. The van der Waals surface area contributed by atoms with Gasteiger partial charge in [0, 0.05) is 18.1 Å². The van der Waals surface area contributed by atoms with Crippen molar-refractivity contribution < 1.29 is 22.4 Å². The topological polar surface area (TPSA) is 42.0 Å².